The summed E-state index contributed by atoms with van der Waals surface area (Å²) in [5.74, 6) is 0.487. The SMILES string of the molecule is CCC(CC(=O)NC(C)C(=O)NCc1ccco1)c1ccccc1. The van der Waals surface area contributed by atoms with E-state index in [0.29, 0.717) is 18.7 Å². The first kappa shape index (κ1) is 17.8. The number of hydrogen-bond acceptors (Lipinski definition) is 3. The molecular weight excluding hydrogens is 304 g/mol. The molecule has 0 bridgehead atoms. The topological polar surface area (TPSA) is 71.3 Å². The smallest absolute Gasteiger partial charge is 0.242 e. The van der Waals surface area contributed by atoms with Gasteiger partial charge in [-0.05, 0) is 37.0 Å². The van der Waals surface area contributed by atoms with E-state index in [0.717, 1.165) is 12.0 Å². The van der Waals surface area contributed by atoms with Crippen molar-refractivity contribution in [3.63, 3.8) is 0 Å². The van der Waals surface area contributed by atoms with E-state index in [9.17, 15) is 9.59 Å². The average Bonchev–Trinajstić information content (AvgIpc) is 3.11. The van der Waals surface area contributed by atoms with E-state index in [1.165, 1.54) is 0 Å². The summed E-state index contributed by atoms with van der Waals surface area (Å²) < 4.78 is 5.16. The van der Waals surface area contributed by atoms with Gasteiger partial charge in [0.15, 0.2) is 0 Å². The summed E-state index contributed by atoms with van der Waals surface area (Å²) in [5, 5.41) is 5.50. The van der Waals surface area contributed by atoms with Crippen LogP contribution in [0.4, 0.5) is 0 Å². The lowest BCUT2D eigenvalue weighted by atomic mass is 9.93. The van der Waals surface area contributed by atoms with Crippen LogP contribution in [0.25, 0.3) is 0 Å². The Morgan fingerprint density at radius 1 is 1.12 bits per heavy atom. The van der Waals surface area contributed by atoms with Gasteiger partial charge in [0.1, 0.15) is 11.8 Å². The highest BCUT2D eigenvalue weighted by atomic mass is 16.3. The summed E-state index contributed by atoms with van der Waals surface area (Å²) in [7, 11) is 0. The molecule has 1 aromatic carbocycles. The van der Waals surface area contributed by atoms with Crippen molar-refractivity contribution in [3.05, 3.63) is 60.1 Å². The zero-order valence-electron chi connectivity index (χ0n) is 14.1. The van der Waals surface area contributed by atoms with E-state index in [2.05, 4.69) is 17.6 Å². The van der Waals surface area contributed by atoms with Crippen molar-refractivity contribution >= 4 is 11.8 Å². The predicted octanol–water partition coefficient (Wildman–Crippen LogP) is 2.98. The molecule has 2 amide bonds. The molecular formula is C19H24N2O3. The minimum absolute atomic E-state index is 0.119. The number of nitrogens with one attached hydrogen (secondary N) is 2. The minimum atomic E-state index is -0.583. The Bertz CT molecular complexity index is 638. The van der Waals surface area contributed by atoms with Crippen LogP contribution in [0.1, 0.15) is 43.9 Å². The molecule has 1 aromatic heterocycles. The molecule has 0 saturated heterocycles. The van der Waals surface area contributed by atoms with E-state index in [4.69, 9.17) is 4.42 Å². The van der Waals surface area contributed by atoms with Crippen LogP contribution in [-0.4, -0.2) is 17.9 Å². The summed E-state index contributed by atoms with van der Waals surface area (Å²) in [6.07, 6.45) is 2.80. The molecule has 1 heterocycles. The molecule has 2 unspecified atom stereocenters. The van der Waals surface area contributed by atoms with Crippen LogP contribution in [0, 0.1) is 0 Å². The first-order chi connectivity index (χ1) is 11.6. The largest absolute Gasteiger partial charge is 0.467 e. The molecule has 2 atom stereocenters. The van der Waals surface area contributed by atoms with Gasteiger partial charge >= 0.3 is 0 Å². The highest BCUT2D eigenvalue weighted by Crippen LogP contribution is 2.22. The van der Waals surface area contributed by atoms with Gasteiger partial charge in [-0.3, -0.25) is 9.59 Å². The summed E-state index contributed by atoms with van der Waals surface area (Å²) in [6, 6.07) is 12.9. The minimum Gasteiger partial charge on any atom is -0.467 e. The molecule has 24 heavy (non-hydrogen) atoms. The molecule has 0 radical (unpaired) electrons. The van der Waals surface area contributed by atoms with Gasteiger partial charge in [0.05, 0.1) is 12.8 Å². The normalized spacial score (nSPS) is 13.1. The van der Waals surface area contributed by atoms with Crippen molar-refractivity contribution in [3.8, 4) is 0 Å². The monoisotopic (exact) mass is 328 g/mol. The standard InChI is InChI=1S/C19H24N2O3/c1-3-15(16-8-5-4-6-9-16)12-18(22)21-14(2)19(23)20-13-17-10-7-11-24-17/h4-11,14-15H,3,12-13H2,1-2H3,(H,20,23)(H,21,22). The highest BCUT2D eigenvalue weighted by Gasteiger charge is 2.19. The van der Waals surface area contributed by atoms with E-state index >= 15 is 0 Å². The van der Waals surface area contributed by atoms with Crippen LogP contribution in [0.2, 0.25) is 0 Å². The second-order valence-electron chi connectivity index (χ2n) is 5.81. The van der Waals surface area contributed by atoms with E-state index in [-0.39, 0.29) is 17.7 Å². The maximum atomic E-state index is 12.2. The van der Waals surface area contributed by atoms with Crippen molar-refractivity contribution in [1.82, 2.24) is 10.6 Å². The predicted molar refractivity (Wildman–Crippen MR) is 92.3 cm³/mol. The number of carbonyl (C=O) groups is 2. The average molecular weight is 328 g/mol. The fourth-order valence-corrected chi connectivity index (χ4v) is 2.55. The molecule has 5 nitrogen and oxygen atoms in total. The number of carbonyl (C=O) groups excluding carboxylic acids is 2. The Balaban J connectivity index is 1.80. The molecule has 0 spiro atoms. The first-order valence-electron chi connectivity index (χ1n) is 8.24. The Hall–Kier alpha value is -2.56. The third-order valence-electron chi connectivity index (χ3n) is 3.98. The van der Waals surface area contributed by atoms with Gasteiger partial charge in [-0.25, -0.2) is 0 Å². The third kappa shape index (κ3) is 5.26. The zero-order valence-corrected chi connectivity index (χ0v) is 14.1. The second-order valence-corrected chi connectivity index (χ2v) is 5.81. The number of benzene rings is 1. The molecule has 0 aliphatic carbocycles. The van der Waals surface area contributed by atoms with Crippen molar-refractivity contribution in [2.45, 2.75) is 45.2 Å². The molecule has 2 rings (SSSR count). The number of hydrogen-bond donors (Lipinski definition) is 2. The first-order valence-corrected chi connectivity index (χ1v) is 8.24. The number of rotatable bonds is 8. The quantitative estimate of drug-likeness (QED) is 0.782. The van der Waals surface area contributed by atoms with E-state index in [1.54, 1.807) is 25.3 Å². The Kier molecular flexibility index (Phi) is 6.61. The van der Waals surface area contributed by atoms with E-state index < -0.39 is 6.04 Å². The molecule has 0 aliphatic heterocycles. The van der Waals surface area contributed by atoms with Crippen molar-refractivity contribution in [1.29, 1.82) is 0 Å². The van der Waals surface area contributed by atoms with Crippen molar-refractivity contribution in [2.24, 2.45) is 0 Å². The Labute approximate surface area is 142 Å². The fraction of sp³-hybridized carbons (Fsp3) is 0.368. The Morgan fingerprint density at radius 2 is 1.88 bits per heavy atom. The highest BCUT2D eigenvalue weighted by molar-refractivity contribution is 5.87. The number of furan rings is 1. The van der Waals surface area contributed by atoms with Gasteiger partial charge in [0, 0.05) is 6.42 Å². The molecule has 0 aliphatic rings. The van der Waals surface area contributed by atoms with Crippen molar-refractivity contribution < 1.29 is 14.0 Å². The van der Waals surface area contributed by atoms with Gasteiger partial charge in [-0.15, -0.1) is 0 Å². The van der Waals surface area contributed by atoms with Crippen LogP contribution in [0.3, 0.4) is 0 Å². The second kappa shape index (κ2) is 8.91. The molecule has 5 heteroatoms. The Morgan fingerprint density at radius 3 is 2.50 bits per heavy atom. The van der Waals surface area contributed by atoms with Crippen LogP contribution in [0.5, 0.6) is 0 Å². The van der Waals surface area contributed by atoms with Crippen LogP contribution in [-0.2, 0) is 16.1 Å². The third-order valence-corrected chi connectivity index (χ3v) is 3.98. The van der Waals surface area contributed by atoms with Gasteiger partial charge in [-0.2, -0.15) is 0 Å². The van der Waals surface area contributed by atoms with Crippen LogP contribution in [0.15, 0.2) is 53.1 Å². The lowest BCUT2D eigenvalue weighted by Crippen LogP contribution is -2.44. The van der Waals surface area contributed by atoms with Gasteiger partial charge in [0.25, 0.3) is 0 Å². The molecule has 0 saturated carbocycles. The molecule has 2 N–H and O–H groups in total. The number of amides is 2. The van der Waals surface area contributed by atoms with Gasteiger partial charge < -0.3 is 15.1 Å². The molecule has 2 aromatic rings. The summed E-state index contributed by atoms with van der Waals surface area (Å²) in [4.78, 5) is 24.3. The summed E-state index contributed by atoms with van der Waals surface area (Å²) in [5.41, 5.74) is 1.14. The van der Waals surface area contributed by atoms with Crippen LogP contribution >= 0.6 is 0 Å². The van der Waals surface area contributed by atoms with Crippen LogP contribution < -0.4 is 10.6 Å². The molecule has 0 fully saturated rings. The maximum absolute atomic E-state index is 12.2. The molecule has 128 valence electrons. The van der Waals surface area contributed by atoms with Gasteiger partial charge in [0.2, 0.25) is 11.8 Å². The van der Waals surface area contributed by atoms with Crippen molar-refractivity contribution in [2.75, 3.05) is 0 Å². The lowest BCUT2D eigenvalue weighted by Gasteiger charge is -2.18. The maximum Gasteiger partial charge on any atom is 0.242 e. The fourth-order valence-electron chi connectivity index (χ4n) is 2.55. The summed E-state index contributed by atoms with van der Waals surface area (Å²) in [6.45, 7) is 4.05. The van der Waals surface area contributed by atoms with E-state index in [1.807, 2.05) is 30.3 Å². The van der Waals surface area contributed by atoms with Gasteiger partial charge in [-0.1, -0.05) is 37.3 Å². The lowest BCUT2D eigenvalue weighted by molar-refractivity contribution is -0.128. The zero-order chi connectivity index (χ0) is 17.4. The summed E-state index contributed by atoms with van der Waals surface area (Å²) >= 11 is 0.